The van der Waals surface area contributed by atoms with Crippen LogP contribution in [-0.4, -0.2) is 35.5 Å². The number of aryl methyl sites for hydroxylation is 1. The molecule has 4 heterocycles. The average molecular weight is 886 g/mol. The molecule has 0 N–H and O–H groups in total. The van der Waals surface area contributed by atoms with Crippen LogP contribution in [0.25, 0.3) is 88.8 Å². The monoisotopic (exact) mass is 885 g/mol. The van der Waals surface area contributed by atoms with Crippen LogP contribution in [0.3, 0.4) is 0 Å². The van der Waals surface area contributed by atoms with Crippen molar-refractivity contribution >= 4 is 63.2 Å². The summed E-state index contributed by atoms with van der Waals surface area (Å²) in [7, 11) is -1.43. The number of para-hydroxylation sites is 2. The van der Waals surface area contributed by atoms with Crippen LogP contribution in [-0.2, 0) is 6.42 Å². The molecule has 0 saturated heterocycles. The summed E-state index contributed by atoms with van der Waals surface area (Å²) in [6, 6.07) is 65.9. The van der Waals surface area contributed by atoms with Gasteiger partial charge in [-0.25, -0.2) is 4.58 Å². The van der Waals surface area contributed by atoms with Crippen LogP contribution < -0.4 is 4.57 Å². The van der Waals surface area contributed by atoms with Crippen molar-refractivity contribution in [1.29, 1.82) is 0 Å². The highest BCUT2D eigenvalue weighted by atomic mass is 28.3. The first-order chi connectivity index (χ1) is 32.8. The standard InChI is InChI=1S/C62H55N3OSi/c1-6-54-50-27-16-15-26-49(50)51-35-32-45-33-36-53-52-28-17-18-31-57(52)66-61(53)58(45)62-64(41(2)40-56(51)63(54)38-39-67(3,4)5)60-48-25-14-13-24-44(48)34-37-55(60)65(62)59-46(42-20-9-7-10-21-42)29-19-30-47(59)43-22-11-8-12-23-43/h6-31,33-34,36-37,51,56H,1-2,32,35,38-40H2,3-5H3/q+2. The van der Waals surface area contributed by atoms with Crippen LogP contribution in [0.1, 0.15) is 35.4 Å². The maximum atomic E-state index is 7.21. The van der Waals surface area contributed by atoms with E-state index in [1.54, 1.807) is 0 Å². The molecule has 2 aliphatic rings. The van der Waals surface area contributed by atoms with Crippen molar-refractivity contribution in [2.75, 3.05) is 6.54 Å². The van der Waals surface area contributed by atoms with Crippen molar-refractivity contribution in [3.63, 3.8) is 0 Å². The Morgan fingerprint density at radius 3 is 2.06 bits per heavy atom. The molecule has 10 aromatic rings. The third-order valence-electron chi connectivity index (χ3n) is 14.6. The predicted octanol–water partition coefficient (Wildman–Crippen LogP) is 15.3. The number of nitrogens with zero attached hydrogens (tertiary/aromatic N) is 3. The van der Waals surface area contributed by atoms with E-state index in [1.807, 2.05) is 0 Å². The van der Waals surface area contributed by atoms with Crippen LogP contribution >= 0.6 is 0 Å². The molecule has 5 heteroatoms. The minimum atomic E-state index is -1.43. The molecule has 0 saturated carbocycles. The number of furan rings is 1. The lowest BCUT2D eigenvalue weighted by Crippen LogP contribution is -2.46. The number of rotatable bonds is 7. The Bertz CT molecular complexity index is 3580. The lowest BCUT2D eigenvalue weighted by Gasteiger charge is -2.34. The molecule has 2 unspecified atom stereocenters. The highest BCUT2D eigenvalue weighted by Gasteiger charge is 2.45. The van der Waals surface area contributed by atoms with Gasteiger partial charge in [0, 0.05) is 50.9 Å². The average Bonchev–Trinajstić information content (AvgIpc) is 3.91. The predicted molar refractivity (Wildman–Crippen MR) is 283 cm³/mol. The number of allylic oxidation sites excluding steroid dienone is 1. The Kier molecular flexibility index (Phi) is 9.95. The van der Waals surface area contributed by atoms with Gasteiger partial charge >= 0.3 is 5.82 Å². The zero-order valence-electron chi connectivity index (χ0n) is 38.7. The van der Waals surface area contributed by atoms with Gasteiger partial charge in [-0.15, -0.1) is 0 Å². The Balaban J connectivity index is 1.26. The quantitative estimate of drug-likeness (QED) is 0.116. The van der Waals surface area contributed by atoms with Gasteiger partial charge in [0.15, 0.2) is 22.7 Å². The van der Waals surface area contributed by atoms with E-state index in [-0.39, 0.29) is 12.0 Å². The fraction of sp³-hybridized carbons (Fsp3) is 0.161. The zero-order valence-corrected chi connectivity index (χ0v) is 39.7. The second-order valence-electron chi connectivity index (χ2n) is 19.8. The summed E-state index contributed by atoms with van der Waals surface area (Å²) in [4.78, 5) is 0. The first kappa shape index (κ1) is 41.1. The fourth-order valence-corrected chi connectivity index (χ4v) is 12.4. The van der Waals surface area contributed by atoms with Gasteiger partial charge in [-0.1, -0.05) is 178 Å². The van der Waals surface area contributed by atoms with Crippen LogP contribution in [0.2, 0.25) is 25.7 Å². The summed E-state index contributed by atoms with van der Waals surface area (Å²) in [5.41, 5.74) is 17.2. The lowest BCUT2D eigenvalue weighted by atomic mass is 9.77. The zero-order chi connectivity index (χ0) is 45.4. The summed E-state index contributed by atoms with van der Waals surface area (Å²) in [5.74, 6) is 1.32. The van der Waals surface area contributed by atoms with Gasteiger partial charge in [-0.05, 0) is 70.8 Å². The highest BCUT2D eigenvalue weighted by molar-refractivity contribution is 6.76. The van der Waals surface area contributed by atoms with Crippen LogP contribution in [0.5, 0.6) is 0 Å². The highest BCUT2D eigenvalue weighted by Crippen LogP contribution is 2.47. The molecule has 0 aliphatic carbocycles. The van der Waals surface area contributed by atoms with Gasteiger partial charge < -0.3 is 4.42 Å². The molecule has 12 rings (SSSR count). The number of fused-ring (bicyclic) bond motifs is 14. The van der Waals surface area contributed by atoms with E-state index in [0.717, 1.165) is 104 Å². The molecule has 2 aliphatic heterocycles. The minimum Gasteiger partial charge on any atom is -0.455 e. The minimum absolute atomic E-state index is 0.161. The molecule has 8 aromatic carbocycles. The van der Waals surface area contributed by atoms with Crippen molar-refractivity contribution in [3.05, 3.63) is 212 Å². The van der Waals surface area contributed by atoms with E-state index in [1.165, 1.54) is 39.2 Å². The maximum Gasteiger partial charge on any atom is 0.304 e. The topological polar surface area (TPSA) is 25.0 Å². The SMILES string of the molecule is C=CC1=[N+](CC[Si](C)(C)C)C2CC(=C)[n+]3c(n(-c4c(-c5ccccc5)cccc4-c4ccccc4)c4ccc5ccccc5c43)-c3c(ccc4c3oc3ccccc34)CCC2c2ccccc21. The van der Waals surface area contributed by atoms with Crippen molar-refractivity contribution in [2.24, 2.45) is 0 Å². The van der Waals surface area contributed by atoms with Gasteiger partial charge in [0.05, 0.1) is 14.5 Å². The van der Waals surface area contributed by atoms with E-state index in [2.05, 4.69) is 222 Å². The second-order valence-corrected chi connectivity index (χ2v) is 25.4. The molecule has 2 aromatic heterocycles. The van der Waals surface area contributed by atoms with E-state index >= 15 is 0 Å². The number of hydrogen-bond acceptors (Lipinski definition) is 1. The largest absolute Gasteiger partial charge is 0.455 e. The molecular weight excluding hydrogens is 831 g/mol. The fourth-order valence-electron chi connectivity index (χ4n) is 11.5. The summed E-state index contributed by atoms with van der Waals surface area (Å²) < 4.78 is 15.1. The molecule has 2 atom stereocenters. The van der Waals surface area contributed by atoms with Crippen LogP contribution in [0, 0.1) is 0 Å². The van der Waals surface area contributed by atoms with Gasteiger partial charge in [0.25, 0.3) is 0 Å². The molecule has 4 nitrogen and oxygen atoms in total. The molecule has 0 spiro atoms. The molecule has 326 valence electrons. The Morgan fingerprint density at radius 1 is 0.672 bits per heavy atom. The number of imidazole rings is 1. The Labute approximate surface area is 394 Å². The number of hydrogen-bond donors (Lipinski definition) is 0. The Morgan fingerprint density at radius 2 is 1.33 bits per heavy atom. The van der Waals surface area contributed by atoms with Crippen molar-refractivity contribution in [1.82, 2.24) is 4.57 Å². The van der Waals surface area contributed by atoms with Crippen molar-refractivity contribution in [3.8, 4) is 39.3 Å². The molecule has 0 fully saturated rings. The normalized spacial score (nSPS) is 16.3. The summed E-state index contributed by atoms with van der Waals surface area (Å²) in [6.07, 6.45) is 4.72. The van der Waals surface area contributed by atoms with Gasteiger partial charge in [-0.2, -0.15) is 9.13 Å². The van der Waals surface area contributed by atoms with Crippen LogP contribution in [0.15, 0.2) is 200 Å². The molecule has 0 bridgehead atoms. The van der Waals surface area contributed by atoms with Gasteiger partial charge in [0.2, 0.25) is 5.71 Å². The van der Waals surface area contributed by atoms with Gasteiger partial charge in [0.1, 0.15) is 29.1 Å². The van der Waals surface area contributed by atoms with Crippen molar-refractivity contribution in [2.45, 2.75) is 56.9 Å². The lowest BCUT2D eigenvalue weighted by molar-refractivity contribution is -0.580. The molecule has 0 radical (unpaired) electrons. The van der Waals surface area contributed by atoms with E-state index in [0.29, 0.717) is 0 Å². The Hall–Kier alpha value is -7.34. The van der Waals surface area contributed by atoms with E-state index in [4.69, 9.17) is 11.0 Å². The summed E-state index contributed by atoms with van der Waals surface area (Å²) in [6.45, 7) is 18.2. The van der Waals surface area contributed by atoms with Crippen LogP contribution in [0.4, 0.5) is 0 Å². The number of aromatic nitrogens is 2. The number of benzene rings is 8. The molecular formula is C62H55N3OSi+2. The van der Waals surface area contributed by atoms with Gasteiger partial charge in [-0.3, -0.25) is 0 Å². The molecule has 0 amide bonds. The third-order valence-corrected chi connectivity index (χ3v) is 16.4. The first-order valence-corrected chi connectivity index (χ1v) is 27.7. The smallest absolute Gasteiger partial charge is 0.304 e. The summed E-state index contributed by atoms with van der Waals surface area (Å²) in [5, 5.41) is 4.62. The second kappa shape index (κ2) is 16.2. The maximum absolute atomic E-state index is 7.21. The van der Waals surface area contributed by atoms with E-state index < -0.39 is 8.07 Å². The summed E-state index contributed by atoms with van der Waals surface area (Å²) >= 11 is 0. The third kappa shape index (κ3) is 6.78. The van der Waals surface area contributed by atoms with Crippen molar-refractivity contribution < 1.29 is 13.6 Å². The first-order valence-electron chi connectivity index (χ1n) is 24.0. The molecule has 67 heavy (non-hydrogen) atoms. The van der Waals surface area contributed by atoms with E-state index in [9.17, 15) is 0 Å².